The number of halogens is 1. The summed E-state index contributed by atoms with van der Waals surface area (Å²) in [6, 6.07) is 6.39. The van der Waals surface area contributed by atoms with Gasteiger partial charge >= 0.3 is 0 Å². The van der Waals surface area contributed by atoms with Crippen molar-refractivity contribution in [2.75, 3.05) is 11.1 Å². The Kier molecular flexibility index (Phi) is 5.83. The zero-order chi connectivity index (χ0) is 12.8. The SMILES string of the molecule is CC(C)CCCC(C)Nc1cc(Br)ccc1N. The molecule has 0 spiro atoms. The number of hydrogen-bond acceptors (Lipinski definition) is 2. The highest BCUT2D eigenvalue weighted by atomic mass is 79.9. The van der Waals surface area contributed by atoms with Gasteiger partial charge in [0.1, 0.15) is 0 Å². The van der Waals surface area contributed by atoms with Crippen LogP contribution in [-0.4, -0.2) is 6.04 Å². The molecule has 0 aliphatic rings. The zero-order valence-electron chi connectivity index (χ0n) is 11.0. The number of anilines is 2. The van der Waals surface area contributed by atoms with E-state index in [-0.39, 0.29) is 0 Å². The van der Waals surface area contributed by atoms with Crippen molar-refractivity contribution >= 4 is 27.3 Å². The summed E-state index contributed by atoms with van der Waals surface area (Å²) in [4.78, 5) is 0. The maximum absolute atomic E-state index is 5.93. The van der Waals surface area contributed by atoms with Gasteiger partial charge in [0.15, 0.2) is 0 Å². The molecule has 17 heavy (non-hydrogen) atoms. The summed E-state index contributed by atoms with van der Waals surface area (Å²) in [5.41, 5.74) is 7.76. The maximum Gasteiger partial charge on any atom is 0.0587 e. The summed E-state index contributed by atoms with van der Waals surface area (Å²) in [7, 11) is 0. The van der Waals surface area contributed by atoms with Crippen LogP contribution in [0.2, 0.25) is 0 Å². The van der Waals surface area contributed by atoms with E-state index in [1.54, 1.807) is 0 Å². The fraction of sp³-hybridized carbons (Fsp3) is 0.571. The minimum absolute atomic E-state index is 0.463. The largest absolute Gasteiger partial charge is 0.397 e. The number of nitrogens with one attached hydrogen (secondary N) is 1. The molecule has 0 heterocycles. The topological polar surface area (TPSA) is 38.0 Å². The van der Waals surface area contributed by atoms with Crippen molar-refractivity contribution in [2.24, 2.45) is 5.92 Å². The third-order valence-corrected chi connectivity index (χ3v) is 3.33. The molecule has 2 nitrogen and oxygen atoms in total. The molecule has 3 heteroatoms. The number of benzene rings is 1. The van der Waals surface area contributed by atoms with E-state index < -0.39 is 0 Å². The van der Waals surface area contributed by atoms with Gasteiger partial charge in [0.05, 0.1) is 11.4 Å². The molecule has 96 valence electrons. The molecule has 1 unspecified atom stereocenters. The van der Waals surface area contributed by atoms with Gasteiger partial charge in [0, 0.05) is 10.5 Å². The first kappa shape index (κ1) is 14.4. The van der Waals surface area contributed by atoms with Crippen LogP contribution in [0.25, 0.3) is 0 Å². The van der Waals surface area contributed by atoms with E-state index in [1.807, 2.05) is 18.2 Å². The predicted octanol–water partition coefficient (Wildman–Crippen LogP) is 4.66. The van der Waals surface area contributed by atoms with Crippen LogP contribution in [0.1, 0.15) is 40.0 Å². The number of rotatable bonds is 6. The minimum Gasteiger partial charge on any atom is -0.397 e. The summed E-state index contributed by atoms with van der Waals surface area (Å²) in [6.45, 7) is 6.75. The Bertz CT molecular complexity index is 350. The Morgan fingerprint density at radius 2 is 1.94 bits per heavy atom. The third kappa shape index (κ3) is 5.44. The van der Waals surface area contributed by atoms with Crippen LogP contribution in [0.4, 0.5) is 11.4 Å². The normalized spacial score (nSPS) is 12.8. The average Bonchev–Trinajstić information content (AvgIpc) is 2.23. The lowest BCUT2D eigenvalue weighted by molar-refractivity contribution is 0.520. The molecule has 3 N–H and O–H groups in total. The first-order chi connectivity index (χ1) is 7.99. The lowest BCUT2D eigenvalue weighted by atomic mass is 10.0. The molecule has 0 fully saturated rings. The zero-order valence-corrected chi connectivity index (χ0v) is 12.5. The Hall–Kier alpha value is -0.700. The van der Waals surface area contributed by atoms with Gasteiger partial charge in [-0.15, -0.1) is 0 Å². The Balaban J connectivity index is 2.44. The average molecular weight is 299 g/mol. The van der Waals surface area contributed by atoms with Crippen LogP contribution in [0.5, 0.6) is 0 Å². The molecule has 0 aromatic heterocycles. The van der Waals surface area contributed by atoms with E-state index in [1.165, 1.54) is 19.3 Å². The van der Waals surface area contributed by atoms with E-state index in [4.69, 9.17) is 5.73 Å². The van der Waals surface area contributed by atoms with E-state index in [9.17, 15) is 0 Å². The van der Waals surface area contributed by atoms with E-state index >= 15 is 0 Å². The molecule has 1 aromatic carbocycles. The van der Waals surface area contributed by atoms with Crippen LogP contribution in [-0.2, 0) is 0 Å². The van der Waals surface area contributed by atoms with E-state index in [2.05, 4.69) is 42.0 Å². The van der Waals surface area contributed by atoms with Gasteiger partial charge in [-0.2, -0.15) is 0 Å². The lowest BCUT2D eigenvalue weighted by Crippen LogP contribution is -2.16. The predicted molar refractivity (Wildman–Crippen MR) is 80.3 cm³/mol. The second-order valence-electron chi connectivity index (χ2n) is 5.10. The molecule has 1 rings (SSSR count). The van der Waals surface area contributed by atoms with Gasteiger partial charge in [-0.25, -0.2) is 0 Å². The van der Waals surface area contributed by atoms with Crippen LogP contribution in [0.3, 0.4) is 0 Å². The lowest BCUT2D eigenvalue weighted by Gasteiger charge is -2.17. The summed E-state index contributed by atoms with van der Waals surface area (Å²) >= 11 is 3.46. The van der Waals surface area contributed by atoms with Crippen molar-refractivity contribution in [2.45, 2.75) is 46.1 Å². The number of nitrogen functional groups attached to an aromatic ring is 1. The molecule has 0 saturated carbocycles. The van der Waals surface area contributed by atoms with Crippen molar-refractivity contribution < 1.29 is 0 Å². The summed E-state index contributed by atoms with van der Waals surface area (Å²) < 4.78 is 1.06. The smallest absolute Gasteiger partial charge is 0.0587 e. The van der Waals surface area contributed by atoms with Crippen LogP contribution in [0, 0.1) is 5.92 Å². The molecule has 1 aromatic rings. The molecule has 0 aliphatic carbocycles. The molecule has 1 atom stereocenters. The number of hydrogen-bond donors (Lipinski definition) is 2. The van der Waals surface area contributed by atoms with Crippen molar-refractivity contribution in [3.8, 4) is 0 Å². The standard InChI is InChI=1S/C14H23BrN2/c1-10(2)5-4-6-11(3)17-14-9-12(15)7-8-13(14)16/h7-11,17H,4-6,16H2,1-3H3. The fourth-order valence-electron chi connectivity index (χ4n) is 1.82. The maximum atomic E-state index is 5.93. The van der Waals surface area contributed by atoms with Crippen molar-refractivity contribution in [3.05, 3.63) is 22.7 Å². The molecule has 0 saturated heterocycles. The van der Waals surface area contributed by atoms with Gasteiger partial charge in [-0.1, -0.05) is 42.6 Å². The molecular weight excluding hydrogens is 276 g/mol. The highest BCUT2D eigenvalue weighted by Crippen LogP contribution is 2.24. The second kappa shape index (κ2) is 6.90. The van der Waals surface area contributed by atoms with Crippen molar-refractivity contribution in [3.63, 3.8) is 0 Å². The minimum atomic E-state index is 0.463. The molecular formula is C14H23BrN2. The van der Waals surface area contributed by atoms with Crippen LogP contribution < -0.4 is 11.1 Å². The van der Waals surface area contributed by atoms with E-state index in [0.717, 1.165) is 21.8 Å². The van der Waals surface area contributed by atoms with Gasteiger partial charge in [-0.05, 0) is 37.5 Å². The molecule has 0 radical (unpaired) electrons. The van der Waals surface area contributed by atoms with Crippen molar-refractivity contribution in [1.29, 1.82) is 0 Å². The second-order valence-corrected chi connectivity index (χ2v) is 6.02. The van der Waals surface area contributed by atoms with Gasteiger partial charge in [0.25, 0.3) is 0 Å². The third-order valence-electron chi connectivity index (χ3n) is 2.84. The molecule has 0 bridgehead atoms. The van der Waals surface area contributed by atoms with Gasteiger partial charge in [0.2, 0.25) is 0 Å². The first-order valence-electron chi connectivity index (χ1n) is 6.30. The summed E-state index contributed by atoms with van der Waals surface area (Å²) in [5.74, 6) is 0.790. The fourth-order valence-corrected chi connectivity index (χ4v) is 2.18. The van der Waals surface area contributed by atoms with Crippen molar-refractivity contribution in [1.82, 2.24) is 0 Å². The first-order valence-corrected chi connectivity index (χ1v) is 7.10. The summed E-state index contributed by atoms with van der Waals surface area (Å²) in [6.07, 6.45) is 3.74. The van der Waals surface area contributed by atoms with Crippen LogP contribution >= 0.6 is 15.9 Å². The highest BCUT2D eigenvalue weighted by Gasteiger charge is 2.05. The molecule has 0 amide bonds. The number of nitrogens with two attached hydrogens (primary N) is 1. The highest BCUT2D eigenvalue weighted by molar-refractivity contribution is 9.10. The Morgan fingerprint density at radius 1 is 1.24 bits per heavy atom. The van der Waals surface area contributed by atoms with Gasteiger partial charge < -0.3 is 11.1 Å². The Labute approximate surface area is 113 Å². The Morgan fingerprint density at radius 3 is 2.59 bits per heavy atom. The summed E-state index contributed by atoms with van der Waals surface area (Å²) in [5, 5.41) is 3.47. The van der Waals surface area contributed by atoms with Crippen LogP contribution in [0.15, 0.2) is 22.7 Å². The van der Waals surface area contributed by atoms with E-state index in [0.29, 0.717) is 6.04 Å². The molecule has 0 aliphatic heterocycles. The van der Waals surface area contributed by atoms with Gasteiger partial charge in [-0.3, -0.25) is 0 Å². The monoisotopic (exact) mass is 298 g/mol. The quantitative estimate of drug-likeness (QED) is 0.750.